The van der Waals surface area contributed by atoms with Gasteiger partial charge in [0.15, 0.2) is 6.61 Å². The van der Waals surface area contributed by atoms with Crippen molar-refractivity contribution in [3.05, 3.63) is 71.8 Å². The van der Waals surface area contributed by atoms with Gasteiger partial charge in [-0.2, -0.15) is 0 Å². The molecular formula is C20H22N2O5S. The van der Waals surface area contributed by atoms with E-state index in [1.165, 1.54) is 24.3 Å². The molecule has 0 saturated carbocycles. The minimum Gasteiger partial charge on any atom is -0.452 e. The standard InChI is InChI=1S/C20H22N2O5S/c1-4-10-21-19(23)13-27-20(24)16-9-8-15(3)18(12-16)28(25,26)22-17-7-5-6-14(2)11-17/h4-9,11-12,22H,1,10,13H2,2-3H3,(H,21,23). The van der Waals surface area contributed by atoms with Crippen LogP contribution in [0.1, 0.15) is 21.5 Å². The molecule has 0 heterocycles. The molecule has 8 heteroatoms. The number of rotatable bonds is 8. The highest BCUT2D eigenvalue weighted by Crippen LogP contribution is 2.21. The lowest BCUT2D eigenvalue weighted by molar-refractivity contribution is -0.124. The van der Waals surface area contributed by atoms with Crippen molar-refractivity contribution in [3.8, 4) is 0 Å². The molecule has 0 aliphatic rings. The first-order valence-corrected chi connectivity index (χ1v) is 9.96. The van der Waals surface area contributed by atoms with E-state index in [0.29, 0.717) is 11.3 Å². The molecule has 7 nitrogen and oxygen atoms in total. The zero-order chi connectivity index (χ0) is 20.7. The molecule has 0 bridgehead atoms. The second-order valence-corrected chi connectivity index (χ2v) is 7.77. The Kier molecular flexibility index (Phi) is 6.94. The highest BCUT2D eigenvalue weighted by Gasteiger charge is 2.20. The SMILES string of the molecule is C=CCNC(=O)COC(=O)c1ccc(C)c(S(=O)(=O)Nc2cccc(C)c2)c1. The topological polar surface area (TPSA) is 102 Å². The van der Waals surface area contributed by atoms with Crippen LogP contribution >= 0.6 is 0 Å². The molecule has 0 saturated heterocycles. The summed E-state index contributed by atoms with van der Waals surface area (Å²) in [6.45, 7) is 6.74. The Bertz CT molecular complexity index is 999. The largest absolute Gasteiger partial charge is 0.452 e. The van der Waals surface area contributed by atoms with Crippen LogP contribution in [0.15, 0.2) is 60.0 Å². The minimum atomic E-state index is -3.91. The van der Waals surface area contributed by atoms with Crippen LogP contribution in [0.4, 0.5) is 5.69 Å². The molecule has 148 valence electrons. The normalized spacial score (nSPS) is 10.8. The number of nitrogens with one attached hydrogen (secondary N) is 2. The highest BCUT2D eigenvalue weighted by molar-refractivity contribution is 7.92. The van der Waals surface area contributed by atoms with Gasteiger partial charge >= 0.3 is 5.97 Å². The van der Waals surface area contributed by atoms with Crippen molar-refractivity contribution in [1.82, 2.24) is 5.32 Å². The fourth-order valence-electron chi connectivity index (χ4n) is 2.39. The van der Waals surface area contributed by atoms with E-state index in [1.807, 2.05) is 13.0 Å². The maximum absolute atomic E-state index is 12.8. The number of amides is 1. The van der Waals surface area contributed by atoms with Crippen LogP contribution in [-0.4, -0.2) is 33.4 Å². The van der Waals surface area contributed by atoms with Crippen LogP contribution in [0.5, 0.6) is 0 Å². The number of benzene rings is 2. The van der Waals surface area contributed by atoms with Gasteiger partial charge in [-0.1, -0.05) is 24.3 Å². The second-order valence-electron chi connectivity index (χ2n) is 6.12. The second kappa shape index (κ2) is 9.18. The van der Waals surface area contributed by atoms with Gasteiger partial charge in [-0.15, -0.1) is 6.58 Å². The Balaban J connectivity index is 2.18. The van der Waals surface area contributed by atoms with E-state index in [0.717, 1.165) is 5.56 Å². The third kappa shape index (κ3) is 5.68. The van der Waals surface area contributed by atoms with E-state index < -0.39 is 28.5 Å². The third-order valence-electron chi connectivity index (χ3n) is 3.76. The number of carbonyl (C=O) groups is 2. The maximum Gasteiger partial charge on any atom is 0.338 e. The first kappa shape index (κ1) is 21.2. The lowest BCUT2D eigenvalue weighted by atomic mass is 10.1. The quantitative estimate of drug-likeness (QED) is 0.522. The molecular weight excluding hydrogens is 380 g/mol. The van der Waals surface area contributed by atoms with Gasteiger partial charge < -0.3 is 10.1 Å². The van der Waals surface area contributed by atoms with E-state index in [4.69, 9.17) is 4.74 Å². The number of sulfonamides is 1. The number of aryl methyl sites for hydroxylation is 2. The molecule has 1 amide bonds. The molecule has 0 radical (unpaired) electrons. The van der Waals surface area contributed by atoms with Gasteiger partial charge in [0.05, 0.1) is 10.5 Å². The first-order chi connectivity index (χ1) is 13.2. The number of hydrogen-bond acceptors (Lipinski definition) is 5. The Morgan fingerprint density at radius 2 is 1.89 bits per heavy atom. The molecule has 2 N–H and O–H groups in total. The van der Waals surface area contributed by atoms with Crippen molar-refractivity contribution in [2.45, 2.75) is 18.7 Å². The summed E-state index contributed by atoms with van der Waals surface area (Å²) >= 11 is 0. The van der Waals surface area contributed by atoms with E-state index in [2.05, 4.69) is 16.6 Å². The van der Waals surface area contributed by atoms with Crippen LogP contribution < -0.4 is 10.0 Å². The van der Waals surface area contributed by atoms with E-state index in [-0.39, 0.29) is 17.0 Å². The molecule has 0 fully saturated rings. The number of anilines is 1. The summed E-state index contributed by atoms with van der Waals surface area (Å²) in [5, 5.41) is 2.48. The van der Waals surface area contributed by atoms with Crippen molar-refractivity contribution in [1.29, 1.82) is 0 Å². The smallest absolute Gasteiger partial charge is 0.338 e. The van der Waals surface area contributed by atoms with E-state index in [1.54, 1.807) is 25.1 Å². The summed E-state index contributed by atoms with van der Waals surface area (Å²) < 4.78 is 32.9. The number of hydrogen-bond donors (Lipinski definition) is 2. The van der Waals surface area contributed by atoms with Crippen LogP contribution in [0, 0.1) is 13.8 Å². The highest BCUT2D eigenvalue weighted by atomic mass is 32.2. The molecule has 0 atom stereocenters. The predicted molar refractivity (Wildman–Crippen MR) is 107 cm³/mol. The Labute approximate surface area is 164 Å². The summed E-state index contributed by atoms with van der Waals surface area (Å²) in [7, 11) is -3.91. The fraction of sp³-hybridized carbons (Fsp3) is 0.200. The predicted octanol–water partition coefficient (Wildman–Crippen LogP) is 2.56. The summed E-state index contributed by atoms with van der Waals surface area (Å²) in [6, 6.07) is 11.1. The van der Waals surface area contributed by atoms with Gasteiger partial charge in [0.25, 0.3) is 15.9 Å². The molecule has 2 aromatic carbocycles. The van der Waals surface area contributed by atoms with Crippen LogP contribution in [0.3, 0.4) is 0 Å². The number of esters is 1. The molecule has 0 aromatic heterocycles. The fourth-order valence-corrected chi connectivity index (χ4v) is 3.71. The zero-order valence-electron chi connectivity index (χ0n) is 15.7. The summed E-state index contributed by atoms with van der Waals surface area (Å²) in [5.74, 6) is -1.27. The molecule has 2 rings (SSSR count). The van der Waals surface area contributed by atoms with Crippen molar-refractivity contribution in [2.75, 3.05) is 17.9 Å². The van der Waals surface area contributed by atoms with Gasteiger partial charge in [0, 0.05) is 12.2 Å². The first-order valence-electron chi connectivity index (χ1n) is 8.48. The third-order valence-corrected chi connectivity index (χ3v) is 5.28. The van der Waals surface area contributed by atoms with E-state index >= 15 is 0 Å². The molecule has 0 aliphatic carbocycles. The van der Waals surface area contributed by atoms with Gasteiger partial charge in [-0.25, -0.2) is 13.2 Å². The lowest BCUT2D eigenvalue weighted by Gasteiger charge is -2.12. The van der Waals surface area contributed by atoms with Crippen LogP contribution in [0.25, 0.3) is 0 Å². The Hall–Kier alpha value is -3.13. The van der Waals surface area contributed by atoms with Crippen LogP contribution in [0.2, 0.25) is 0 Å². The average Bonchev–Trinajstić information content (AvgIpc) is 2.64. The van der Waals surface area contributed by atoms with Crippen molar-refractivity contribution < 1.29 is 22.7 Å². The average molecular weight is 402 g/mol. The molecule has 0 unspecified atom stereocenters. The van der Waals surface area contributed by atoms with E-state index in [9.17, 15) is 18.0 Å². The summed E-state index contributed by atoms with van der Waals surface area (Å²) in [6.07, 6.45) is 1.50. The monoisotopic (exact) mass is 402 g/mol. The van der Waals surface area contributed by atoms with Gasteiger partial charge in [-0.3, -0.25) is 9.52 Å². The van der Waals surface area contributed by atoms with Crippen molar-refractivity contribution in [2.24, 2.45) is 0 Å². The van der Waals surface area contributed by atoms with Crippen molar-refractivity contribution >= 4 is 27.6 Å². The van der Waals surface area contributed by atoms with Gasteiger partial charge in [0.1, 0.15) is 0 Å². The minimum absolute atomic E-state index is 0.0340. The van der Waals surface area contributed by atoms with Crippen molar-refractivity contribution in [3.63, 3.8) is 0 Å². The maximum atomic E-state index is 12.8. The lowest BCUT2D eigenvalue weighted by Crippen LogP contribution is -2.28. The zero-order valence-corrected chi connectivity index (χ0v) is 16.5. The molecule has 28 heavy (non-hydrogen) atoms. The summed E-state index contributed by atoms with van der Waals surface area (Å²) in [4.78, 5) is 23.6. The molecule has 2 aromatic rings. The van der Waals surface area contributed by atoms with Crippen LogP contribution in [-0.2, 0) is 19.6 Å². The van der Waals surface area contributed by atoms with Gasteiger partial charge in [0.2, 0.25) is 0 Å². The van der Waals surface area contributed by atoms with Gasteiger partial charge in [-0.05, 0) is 49.2 Å². The number of ether oxygens (including phenoxy) is 1. The Morgan fingerprint density at radius 1 is 1.14 bits per heavy atom. The summed E-state index contributed by atoms with van der Waals surface area (Å²) in [5.41, 5.74) is 1.84. The Morgan fingerprint density at radius 3 is 2.57 bits per heavy atom. The number of carbonyl (C=O) groups excluding carboxylic acids is 2. The molecule has 0 spiro atoms. The molecule has 0 aliphatic heterocycles.